The number of benzene rings is 3. The molecule has 5 rings (SSSR count). The predicted molar refractivity (Wildman–Crippen MR) is 138 cm³/mol. The van der Waals surface area contributed by atoms with E-state index in [4.69, 9.17) is 25.8 Å². The molecule has 0 aliphatic carbocycles. The Labute approximate surface area is 221 Å². The Balaban J connectivity index is 1.45. The van der Waals surface area contributed by atoms with Crippen molar-refractivity contribution in [3.8, 4) is 17.6 Å². The molecule has 4 aromatic rings. The second-order valence-corrected chi connectivity index (χ2v) is 8.95. The highest BCUT2D eigenvalue weighted by Gasteiger charge is 2.25. The van der Waals surface area contributed by atoms with Crippen LogP contribution in [-0.2, 0) is 11.3 Å². The van der Waals surface area contributed by atoms with Crippen LogP contribution in [0.5, 0.6) is 11.5 Å². The second-order valence-electron chi connectivity index (χ2n) is 8.55. The molecule has 0 radical (unpaired) electrons. The van der Waals surface area contributed by atoms with Gasteiger partial charge in [-0.3, -0.25) is 15.1 Å². The van der Waals surface area contributed by atoms with E-state index < -0.39 is 4.92 Å². The van der Waals surface area contributed by atoms with E-state index in [1.165, 1.54) is 30.5 Å². The molecule has 1 unspecified atom stereocenters. The van der Waals surface area contributed by atoms with Crippen LogP contribution in [0, 0.1) is 27.3 Å². The van der Waals surface area contributed by atoms with Crippen molar-refractivity contribution >= 4 is 39.6 Å². The van der Waals surface area contributed by atoms with Gasteiger partial charge >= 0.3 is 5.69 Å². The van der Waals surface area contributed by atoms with Crippen LogP contribution in [0.25, 0.3) is 10.9 Å². The molecule has 1 aromatic heterocycles. The summed E-state index contributed by atoms with van der Waals surface area (Å²) in [6, 6.07) is 15.9. The van der Waals surface area contributed by atoms with Crippen molar-refractivity contribution < 1.29 is 23.5 Å². The summed E-state index contributed by atoms with van der Waals surface area (Å²) in [6.07, 6.45) is 1.73. The van der Waals surface area contributed by atoms with E-state index in [9.17, 15) is 19.8 Å². The normalized spacial score (nSPS) is 14.7. The number of nitro benzene ring substituents is 1. The van der Waals surface area contributed by atoms with Gasteiger partial charge in [-0.25, -0.2) is 4.39 Å². The first-order chi connectivity index (χ1) is 18.4. The van der Waals surface area contributed by atoms with Gasteiger partial charge in [0.05, 0.1) is 39.9 Å². The number of nitriles is 1. The number of halogens is 2. The lowest BCUT2D eigenvalue weighted by Crippen LogP contribution is -2.16. The quantitative estimate of drug-likeness (QED) is 0.207. The van der Waals surface area contributed by atoms with Crippen molar-refractivity contribution in [1.29, 1.82) is 5.26 Å². The number of anilines is 2. The van der Waals surface area contributed by atoms with Crippen LogP contribution in [0.3, 0.4) is 0 Å². The maximum Gasteiger partial charge on any atom is 0.311 e. The fourth-order valence-corrected chi connectivity index (χ4v) is 4.31. The summed E-state index contributed by atoms with van der Waals surface area (Å²) in [5.74, 6) is 0.111. The number of aromatic nitrogens is 1. The Kier molecular flexibility index (Phi) is 7.22. The van der Waals surface area contributed by atoms with Gasteiger partial charge < -0.3 is 19.5 Å². The minimum Gasteiger partial charge on any atom is -0.487 e. The molecular weight excluding hydrogens is 515 g/mol. The van der Waals surface area contributed by atoms with E-state index in [-0.39, 0.29) is 40.6 Å². The predicted octanol–water partition coefficient (Wildman–Crippen LogP) is 6.30. The number of hydrogen-bond acceptors (Lipinski definition) is 8. The van der Waals surface area contributed by atoms with E-state index in [1.54, 1.807) is 30.3 Å². The number of hydrogen-bond donors (Lipinski definition) is 1. The molecule has 0 saturated carbocycles. The van der Waals surface area contributed by atoms with Crippen LogP contribution >= 0.6 is 11.6 Å². The summed E-state index contributed by atoms with van der Waals surface area (Å²) in [7, 11) is 0. The van der Waals surface area contributed by atoms with Crippen LogP contribution in [0.1, 0.15) is 17.5 Å². The van der Waals surface area contributed by atoms with Gasteiger partial charge in [0, 0.05) is 35.8 Å². The van der Waals surface area contributed by atoms with E-state index in [0.29, 0.717) is 53.2 Å². The lowest BCUT2D eigenvalue weighted by molar-refractivity contribution is -0.385. The molecule has 1 N–H and O–H groups in total. The van der Waals surface area contributed by atoms with Crippen molar-refractivity contribution in [2.45, 2.75) is 19.1 Å². The standard InChI is InChI=1S/C27H20ClFN4O5/c28-22-9-19(4-5-25(22)37-14-16-2-1-3-18(29)8-16)32-27-17(12-30)13-31-23-11-26(38-20-6-7-36-15-20)24(33(34)35)10-21(23)27/h1-5,8-11,13,20H,6-7,14-15H2,(H,31,32). The minimum atomic E-state index is -0.533. The molecule has 2 heterocycles. The summed E-state index contributed by atoms with van der Waals surface area (Å²) in [5.41, 5.74) is 1.85. The lowest BCUT2D eigenvalue weighted by atomic mass is 10.1. The highest BCUT2D eigenvalue weighted by Crippen LogP contribution is 2.38. The average molecular weight is 535 g/mol. The summed E-state index contributed by atoms with van der Waals surface area (Å²) in [4.78, 5) is 15.6. The molecule has 0 bridgehead atoms. The summed E-state index contributed by atoms with van der Waals surface area (Å²) in [5, 5.41) is 25.4. The molecule has 0 amide bonds. The number of rotatable bonds is 8. The van der Waals surface area contributed by atoms with Gasteiger partial charge in [0.15, 0.2) is 5.75 Å². The van der Waals surface area contributed by atoms with Gasteiger partial charge in [-0.15, -0.1) is 0 Å². The molecule has 0 spiro atoms. The molecular formula is C27H20ClFN4O5. The highest BCUT2D eigenvalue weighted by atomic mass is 35.5. The van der Waals surface area contributed by atoms with Gasteiger partial charge in [0.2, 0.25) is 0 Å². The van der Waals surface area contributed by atoms with Gasteiger partial charge in [0.25, 0.3) is 0 Å². The molecule has 1 atom stereocenters. The largest absolute Gasteiger partial charge is 0.487 e. The zero-order valence-electron chi connectivity index (χ0n) is 19.8. The van der Waals surface area contributed by atoms with Crippen molar-refractivity contribution in [2.24, 2.45) is 0 Å². The number of nitrogens with zero attached hydrogens (tertiary/aromatic N) is 3. The van der Waals surface area contributed by atoms with Crippen LogP contribution < -0.4 is 14.8 Å². The van der Waals surface area contributed by atoms with Crippen LogP contribution in [0.15, 0.2) is 60.8 Å². The average Bonchev–Trinajstić information content (AvgIpc) is 3.41. The molecule has 1 fully saturated rings. The molecule has 11 heteroatoms. The van der Waals surface area contributed by atoms with E-state index in [2.05, 4.69) is 16.4 Å². The molecule has 1 aliphatic rings. The number of nitro groups is 1. The Morgan fingerprint density at radius 1 is 1.24 bits per heavy atom. The topological polar surface area (TPSA) is 120 Å². The zero-order chi connectivity index (χ0) is 26.6. The Hall–Kier alpha value is -4.46. The van der Waals surface area contributed by atoms with Crippen molar-refractivity contribution in [2.75, 3.05) is 18.5 Å². The Morgan fingerprint density at radius 2 is 2.11 bits per heavy atom. The van der Waals surface area contributed by atoms with Crippen molar-refractivity contribution in [3.05, 3.63) is 92.9 Å². The lowest BCUT2D eigenvalue weighted by Gasteiger charge is -2.16. The monoisotopic (exact) mass is 534 g/mol. The van der Waals surface area contributed by atoms with Crippen molar-refractivity contribution in [3.63, 3.8) is 0 Å². The first-order valence-electron chi connectivity index (χ1n) is 11.6. The van der Waals surface area contributed by atoms with Crippen molar-refractivity contribution in [1.82, 2.24) is 4.98 Å². The van der Waals surface area contributed by atoms with Crippen LogP contribution in [-0.4, -0.2) is 29.2 Å². The zero-order valence-corrected chi connectivity index (χ0v) is 20.6. The maximum atomic E-state index is 13.4. The SMILES string of the molecule is N#Cc1cnc2cc(OC3CCOC3)c([N+](=O)[O-])cc2c1Nc1ccc(OCc2cccc(F)c2)c(Cl)c1. The first kappa shape index (κ1) is 25.2. The Bertz CT molecular complexity index is 1570. The minimum absolute atomic E-state index is 0.0870. The summed E-state index contributed by atoms with van der Waals surface area (Å²) < 4.78 is 30.3. The van der Waals surface area contributed by atoms with Crippen LogP contribution in [0.2, 0.25) is 5.02 Å². The highest BCUT2D eigenvalue weighted by molar-refractivity contribution is 6.32. The van der Waals surface area contributed by atoms with Gasteiger partial charge in [0.1, 0.15) is 30.3 Å². The first-order valence-corrected chi connectivity index (χ1v) is 12.0. The number of fused-ring (bicyclic) bond motifs is 1. The maximum absolute atomic E-state index is 13.4. The third kappa shape index (κ3) is 5.44. The molecule has 3 aromatic carbocycles. The number of ether oxygens (including phenoxy) is 3. The molecule has 1 saturated heterocycles. The third-order valence-electron chi connectivity index (χ3n) is 5.93. The molecule has 192 valence electrons. The molecule has 38 heavy (non-hydrogen) atoms. The van der Waals surface area contributed by atoms with Gasteiger partial charge in [-0.2, -0.15) is 5.26 Å². The molecule has 1 aliphatic heterocycles. The fourth-order valence-electron chi connectivity index (χ4n) is 4.08. The summed E-state index contributed by atoms with van der Waals surface area (Å²) in [6.45, 7) is 1.01. The van der Waals surface area contributed by atoms with E-state index >= 15 is 0 Å². The van der Waals surface area contributed by atoms with E-state index in [0.717, 1.165) is 0 Å². The number of nitrogens with one attached hydrogen (secondary N) is 1. The van der Waals surface area contributed by atoms with Gasteiger partial charge in [-0.1, -0.05) is 23.7 Å². The second kappa shape index (κ2) is 10.9. The Morgan fingerprint density at radius 3 is 2.82 bits per heavy atom. The van der Waals surface area contributed by atoms with Gasteiger partial charge in [-0.05, 0) is 35.9 Å². The fraction of sp³-hybridized carbons (Fsp3) is 0.185. The van der Waals surface area contributed by atoms with Crippen LogP contribution in [0.4, 0.5) is 21.5 Å². The number of pyridine rings is 1. The summed E-state index contributed by atoms with van der Waals surface area (Å²) >= 11 is 6.42. The molecule has 9 nitrogen and oxygen atoms in total. The third-order valence-corrected chi connectivity index (χ3v) is 6.23. The van der Waals surface area contributed by atoms with E-state index in [1.807, 2.05) is 0 Å². The smallest absolute Gasteiger partial charge is 0.311 e.